The average Bonchev–Trinajstić information content (AvgIpc) is 3.26. The van der Waals surface area contributed by atoms with Crippen LogP contribution in [0.1, 0.15) is 128 Å². The molecule has 0 aliphatic heterocycles. The Morgan fingerprint density at radius 1 is 0.828 bits per heavy atom. The van der Waals surface area contributed by atoms with E-state index in [9.17, 15) is 0 Å². The Kier molecular flexibility index (Phi) is 14.1. The third kappa shape index (κ3) is 11.7. The van der Waals surface area contributed by atoms with Gasteiger partial charge in [0.2, 0.25) is 0 Å². The number of benzene rings is 1. The molecule has 2 rings (SSSR count). The van der Waals surface area contributed by atoms with Crippen molar-refractivity contribution >= 4 is 0 Å². The minimum absolute atomic E-state index is 0.866. The van der Waals surface area contributed by atoms with E-state index in [1.807, 2.05) is 12.1 Å². The fourth-order valence-electron chi connectivity index (χ4n) is 4.78. The van der Waals surface area contributed by atoms with E-state index in [2.05, 4.69) is 19.1 Å². The fourth-order valence-corrected chi connectivity index (χ4v) is 4.78. The minimum atomic E-state index is 0.866. The zero-order valence-corrected chi connectivity index (χ0v) is 19.4. The molecule has 1 nitrogen and oxygen atoms in total. The van der Waals surface area contributed by atoms with E-state index in [1.54, 1.807) is 0 Å². The summed E-state index contributed by atoms with van der Waals surface area (Å²) in [6.07, 6.45) is 26.4. The van der Waals surface area contributed by atoms with Crippen molar-refractivity contribution in [3.63, 3.8) is 0 Å². The smallest absolute Gasteiger partial charge is 0.123 e. The second-order valence-electron chi connectivity index (χ2n) is 9.31. The number of aryl methyl sites for hydroxylation is 1. The van der Waals surface area contributed by atoms with Crippen LogP contribution in [0.25, 0.3) is 0 Å². The molecule has 1 aliphatic carbocycles. The van der Waals surface area contributed by atoms with Crippen molar-refractivity contribution in [2.24, 2.45) is 5.92 Å². The lowest BCUT2D eigenvalue weighted by molar-refractivity contribution is 0.300. The summed E-state index contributed by atoms with van der Waals surface area (Å²) in [4.78, 5) is 0. The topological polar surface area (TPSA) is 9.23 Å². The van der Waals surface area contributed by atoms with Crippen LogP contribution >= 0.6 is 0 Å². The summed E-state index contributed by atoms with van der Waals surface area (Å²) < 4.78 is 6.12. The number of ether oxygens (including phenoxy) is 1. The molecule has 1 aromatic rings. The van der Waals surface area contributed by atoms with Gasteiger partial charge in [-0.25, -0.2) is 0 Å². The van der Waals surface area contributed by atoms with E-state index >= 15 is 0 Å². The molecule has 1 heteroatoms. The van der Waals surface area contributed by atoms with Crippen molar-refractivity contribution in [3.05, 3.63) is 29.8 Å². The van der Waals surface area contributed by atoms with E-state index in [-0.39, 0.29) is 0 Å². The molecule has 1 aliphatic rings. The summed E-state index contributed by atoms with van der Waals surface area (Å²) in [7, 11) is 0. The van der Waals surface area contributed by atoms with Gasteiger partial charge < -0.3 is 4.74 Å². The highest BCUT2D eigenvalue weighted by Gasteiger charge is 2.13. The summed E-state index contributed by atoms with van der Waals surface area (Å²) in [6, 6.07) is 9.49. The number of rotatable bonds is 18. The van der Waals surface area contributed by atoms with Crippen LogP contribution in [0.2, 0.25) is 0 Å². The van der Waals surface area contributed by atoms with Crippen LogP contribution in [-0.4, -0.2) is 6.61 Å². The maximum atomic E-state index is 6.12. The maximum Gasteiger partial charge on any atom is 0.123 e. The van der Waals surface area contributed by atoms with Gasteiger partial charge in [-0.05, 0) is 42.9 Å². The average molecular weight is 400 g/mol. The number of hydrogen-bond donors (Lipinski definition) is 0. The predicted molar refractivity (Wildman–Crippen MR) is 127 cm³/mol. The molecule has 0 spiro atoms. The monoisotopic (exact) mass is 399 g/mol. The lowest BCUT2D eigenvalue weighted by Crippen LogP contribution is -2.01. The highest BCUT2D eigenvalue weighted by Crippen LogP contribution is 2.29. The molecule has 165 valence electrons. The first-order valence-corrected chi connectivity index (χ1v) is 13.0. The molecular formula is C28H47O. The van der Waals surface area contributed by atoms with Crippen LogP contribution < -0.4 is 4.74 Å². The lowest BCUT2D eigenvalue weighted by Gasteiger charge is -2.12. The highest BCUT2D eigenvalue weighted by atomic mass is 16.5. The van der Waals surface area contributed by atoms with Crippen molar-refractivity contribution < 1.29 is 4.74 Å². The molecule has 0 amide bonds. The molecule has 0 N–H and O–H groups in total. The van der Waals surface area contributed by atoms with Gasteiger partial charge in [-0.1, -0.05) is 122 Å². The summed E-state index contributed by atoms with van der Waals surface area (Å²) in [5, 5.41) is 0. The van der Waals surface area contributed by atoms with E-state index in [4.69, 9.17) is 4.74 Å². The van der Waals surface area contributed by atoms with Gasteiger partial charge in [-0.2, -0.15) is 0 Å². The molecule has 0 saturated heterocycles. The van der Waals surface area contributed by atoms with Crippen LogP contribution in [0, 0.1) is 12.0 Å². The Bertz CT molecular complexity index is 489. The zero-order valence-electron chi connectivity index (χ0n) is 19.4. The normalized spacial score (nSPS) is 14.5. The molecule has 0 bridgehead atoms. The second-order valence-corrected chi connectivity index (χ2v) is 9.31. The summed E-state index contributed by atoms with van der Waals surface area (Å²) in [5.74, 6) is 2.14. The van der Waals surface area contributed by atoms with Crippen LogP contribution in [0.15, 0.2) is 18.2 Å². The van der Waals surface area contributed by atoms with Crippen LogP contribution in [-0.2, 0) is 6.42 Å². The quantitative estimate of drug-likeness (QED) is 0.224. The molecule has 0 heterocycles. The summed E-state index contributed by atoms with van der Waals surface area (Å²) in [5.41, 5.74) is 1.38. The van der Waals surface area contributed by atoms with Gasteiger partial charge in [-0.15, -0.1) is 0 Å². The van der Waals surface area contributed by atoms with Crippen LogP contribution in [0.5, 0.6) is 5.75 Å². The second kappa shape index (κ2) is 16.8. The molecule has 0 aromatic heterocycles. The summed E-state index contributed by atoms with van der Waals surface area (Å²) in [6.45, 7) is 3.15. The lowest BCUT2D eigenvalue weighted by atomic mass is 9.99. The Hall–Kier alpha value is -0.980. The molecule has 29 heavy (non-hydrogen) atoms. The molecule has 1 fully saturated rings. The predicted octanol–water partition coefficient (Wildman–Crippen LogP) is 9.08. The van der Waals surface area contributed by atoms with Crippen molar-refractivity contribution in [2.45, 2.75) is 129 Å². The first kappa shape index (κ1) is 24.3. The third-order valence-electron chi connectivity index (χ3n) is 6.70. The largest absolute Gasteiger partial charge is 0.493 e. The standard InChI is InChI=1S/C28H47O/c1-2-3-4-5-6-7-10-13-22-27-23-16-17-24-28(27)29-25-18-11-8-9-12-19-26-20-14-15-21-26/h16,23-24,26H,2-15,18-22,25H2,1H3. The van der Waals surface area contributed by atoms with E-state index < -0.39 is 0 Å². The van der Waals surface area contributed by atoms with Gasteiger partial charge in [0.25, 0.3) is 0 Å². The molecular weight excluding hydrogens is 352 g/mol. The molecule has 1 aromatic carbocycles. The molecule has 0 unspecified atom stereocenters. The van der Waals surface area contributed by atoms with E-state index in [0.717, 1.165) is 24.7 Å². The van der Waals surface area contributed by atoms with E-state index in [1.165, 1.54) is 121 Å². The van der Waals surface area contributed by atoms with Crippen molar-refractivity contribution in [3.8, 4) is 5.75 Å². The van der Waals surface area contributed by atoms with Crippen molar-refractivity contribution in [2.75, 3.05) is 6.61 Å². The SMILES string of the molecule is CCCCCCCCCCc1cc[c]cc1OCCCCCCCC1CCCC1. The first-order valence-electron chi connectivity index (χ1n) is 13.0. The molecule has 0 atom stereocenters. The van der Waals surface area contributed by atoms with Crippen molar-refractivity contribution in [1.82, 2.24) is 0 Å². The first-order chi connectivity index (χ1) is 14.4. The van der Waals surface area contributed by atoms with Crippen LogP contribution in [0.4, 0.5) is 0 Å². The third-order valence-corrected chi connectivity index (χ3v) is 6.70. The Labute approximate surface area is 182 Å². The maximum absolute atomic E-state index is 6.12. The van der Waals surface area contributed by atoms with Gasteiger partial charge in [0.15, 0.2) is 0 Å². The van der Waals surface area contributed by atoms with Gasteiger partial charge in [0.05, 0.1) is 6.61 Å². The highest BCUT2D eigenvalue weighted by molar-refractivity contribution is 5.32. The number of hydrogen-bond acceptors (Lipinski definition) is 1. The Morgan fingerprint density at radius 2 is 1.48 bits per heavy atom. The van der Waals surface area contributed by atoms with Gasteiger partial charge in [-0.3, -0.25) is 0 Å². The van der Waals surface area contributed by atoms with E-state index in [0.29, 0.717) is 0 Å². The minimum Gasteiger partial charge on any atom is -0.493 e. The van der Waals surface area contributed by atoms with Gasteiger partial charge >= 0.3 is 0 Å². The molecule has 1 radical (unpaired) electrons. The van der Waals surface area contributed by atoms with Gasteiger partial charge in [0, 0.05) is 0 Å². The van der Waals surface area contributed by atoms with Gasteiger partial charge in [0.1, 0.15) is 5.75 Å². The number of unbranched alkanes of at least 4 members (excludes halogenated alkanes) is 11. The molecule has 1 saturated carbocycles. The Morgan fingerprint density at radius 3 is 2.24 bits per heavy atom. The van der Waals surface area contributed by atoms with Crippen molar-refractivity contribution in [1.29, 1.82) is 0 Å². The van der Waals surface area contributed by atoms with Crippen LogP contribution in [0.3, 0.4) is 0 Å². The zero-order chi connectivity index (χ0) is 20.4. The Balaban J connectivity index is 1.47. The summed E-state index contributed by atoms with van der Waals surface area (Å²) >= 11 is 0. The fraction of sp³-hybridized carbons (Fsp3) is 0.786.